The molecule has 0 radical (unpaired) electrons. The third kappa shape index (κ3) is 6.09. The molecule has 0 aromatic carbocycles. The Morgan fingerprint density at radius 2 is 2.30 bits per heavy atom. The van der Waals surface area contributed by atoms with Crippen molar-refractivity contribution in [2.24, 2.45) is 5.92 Å². The summed E-state index contributed by atoms with van der Waals surface area (Å²) in [6.45, 7) is 5.85. The summed E-state index contributed by atoms with van der Waals surface area (Å²) in [7, 11) is 0. The van der Waals surface area contributed by atoms with Crippen LogP contribution in [0.3, 0.4) is 0 Å². The van der Waals surface area contributed by atoms with Crippen LogP contribution in [-0.2, 0) is 0 Å². The molecule has 0 nitrogen and oxygen atoms in total. The Bertz CT molecular complexity index is 105. The molecular formula is C9H15Br. The molecule has 0 aliphatic heterocycles. The van der Waals surface area contributed by atoms with Crippen LogP contribution in [0.5, 0.6) is 0 Å². The molecule has 0 saturated carbocycles. The zero-order chi connectivity index (χ0) is 7.82. The lowest BCUT2D eigenvalue weighted by Crippen LogP contribution is -1.93. The summed E-state index contributed by atoms with van der Waals surface area (Å²) in [6, 6.07) is 0. The van der Waals surface area contributed by atoms with E-state index in [1.165, 1.54) is 12.8 Å². The third-order valence-corrected chi connectivity index (χ3v) is 2.47. The van der Waals surface area contributed by atoms with Crippen molar-refractivity contribution in [2.45, 2.75) is 19.8 Å². The molecule has 0 aromatic heterocycles. The minimum Gasteiger partial charge on any atom is -0.0991 e. The highest BCUT2D eigenvalue weighted by Gasteiger charge is 1.95. The van der Waals surface area contributed by atoms with Gasteiger partial charge in [-0.3, -0.25) is 0 Å². The van der Waals surface area contributed by atoms with Crippen molar-refractivity contribution in [3.63, 3.8) is 0 Å². The monoisotopic (exact) mass is 202 g/mol. The predicted molar refractivity (Wildman–Crippen MR) is 51.5 cm³/mol. The highest BCUT2D eigenvalue weighted by molar-refractivity contribution is 9.09. The van der Waals surface area contributed by atoms with E-state index in [0.717, 1.165) is 11.2 Å². The predicted octanol–water partition coefficient (Wildman–Crippen LogP) is 3.54. The normalized spacial score (nSPS) is 13.8. The SMILES string of the molecule is C=C/C=C/CCC(C)CBr. The summed E-state index contributed by atoms with van der Waals surface area (Å²) < 4.78 is 0. The maximum Gasteiger partial charge on any atom is 0.00571 e. The van der Waals surface area contributed by atoms with Crippen molar-refractivity contribution in [1.29, 1.82) is 0 Å². The second kappa shape index (κ2) is 7.07. The van der Waals surface area contributed by atoms with E-state index in [9.17, 15) is 0 Å². The van der Waals surface area contributed by atoms with Crippen LogP contribution in [0.25, 0.3) is 0 Å². The van der Waals surface area contributed by atoms with Crippen LogP contribution in [0.1, 0.15) is 19.8 Å². The standard InChI is InChI=1S/C9H15Br/c1-3-4-5-6-7-9(2)8-10/h3-5,9H,1,6-8H2,2H3/b5-4+. The molecule has 0 fully saturated rings. The molecule has 0 aromatic rings. The molecule has 0 bridgehead atoms. The Labute approximate surface area is 72.1 Å². The Morgan fingerprint density at radius 3 is 2.80 bits per heavy atom. The fourth-order valence-corrected chi connectivity index (χ4v) is 0.974. The molecule has 10 heavy (non-hydrogen) atoms. The zero-order valence-electron chi connectivity index (χ0n) is 6.52. The van der Waals surface area contributed by atoms with Gasteiger partial charge in [0, 0.05) is 5.33 Å². The summed E-state index contributed by atoms with van der Waals surface area (Å²) >= 11 is 3.44. The van der Waals surface area contributed by atoms with E-state index in [2.05, 4.69) is 35.5 Å². The summed E-state index contributed by atoms with van der Waals surface area (Å²) in [5, 5.41) is 1.11. The molecule has 58 valence electrons. The van der Waals surface area contributed by atoms with Gasteiger partial charge in [-0.15, -0.1) is 0 Å². The average molecular weight is 203 g/mol. The second-order valence-electron chi connectivity index (χ2n) is 2.50. The maximum absolute atomic E-state index is 3.60. The average Bonchev–Trinajstić information content (AvgIpc) is 1.98. The topological polar surface area (TPSA) is 0 Å². The van der Waals surface area contributed by atoms with E-state index in [-0.39, 0.29) is 0 Å². The number of alkyl halides is 1. The molecule has 0 saturated heterocycles. The van der Waals surface area contributed by atoms with Crippen LogP contribution in [-0.4, -0.2) is 5.33 Å². The number of rotatable bonds is 5. The van der Waals surface area contributed by atoms with Crippen molar-refractivity contribution in [2.75, 3.05) is 5.33 Å². The first-order valence-corrected chi connectivity index (χ1v) is 4.77. The first-order chi connectivity index (χ1) is 4.81. The minimum atomic E-state index is 0.787. The van der Waals surface area contributed by atoms with Crippen LogP contribution in [0.2, 0.25) is 0 Å². The van der Waals surface area contributed by atoms with Crippen LogP contribution >= 0.6 is 15.9 Å². The van der Waals surface area contributed by atoms with Crippen molar-refractivity contribution in [1.82, 2.24) is 0 Å². The van der Waals surface area contributed by atoms with E-state index in [0.29, 0.717) is 0 Å². The van der Waals surface area contributed by atoms with Crippen molar-refractivity contribution < 1.29 is 0 Å². The summed E-state index contributed by atoms with van der Waals surface area (Å²) in [5.74, 6) is 0.787. The van der Waals surface area contributed by atoms with Gasteiger partial charge >= 0.3 is 0 Å². The Kier molecular flexibility index (Phi) is 7.04. The quantitative estimate of drug-likeness (QED) is 0.473. The van der Waals surface area contributed by atoms with E-state index in [1.807, 2.05) is 12.2 Å². The highest BCUT2D eigenvalue weighted by atomic mass is 79.9. The van der Waals surface area contributed by atoms with Gasteiger partial charge in [-0.05, 0) is 18.8 Å². The van der Waals surface area contributed by atoms with E-state index in [1.54, 1.807) is 0 Å². The van der Waals surface area contributed by atoms with Crippen LogP contribution in [0.15, 0.2) is 24.8 Å². The van der Waals surface area contributed by atoms with Crippen LogP contribution in [0.4, 0.5) is 0 Å². The smallest absolute Gasteiger partial charge is 0.00571 e. The molecule has 0 N–H and O–H groups in total. The van der Waals surface area contributed by atoms with Gasteiger partial charge in [-0.1, -0.05) is 47.7 Å². The Morgan fingerprint density at radius 1 is 1.60 bits per heavy atom. The summed E-state index contributed by atoms with van der Waals surface area (Å²) in [4.78, 5) is 0. The van der Waals surface area contributed by atoms with Crippen LogP contribution in [0, 0.1) is 5.92 Å². The maximum atomic E-state index is 3.60. The van der Waals surface area contributed by atoms with Gasteiger partial charge in [0.05, 0.1) is 0 Å². The molecular weight excluding hydrogens is 188 g/mol. The lowest BCUT2D eigenvalue weighted by atomic mass is 10.1. The van der Waals surface area contributed by atoms with Gasteiger partial charge in [0.1, 0.15) is 0 Å². The van der Waals surface area contributed by atoms with Gasteiger partial charge in [-0.25, -0.2) is 0 Å². The lowest BCUT2D eigenvalue weighted by molar-refractivity contribution is 0.608. The largest absolute Gasteiger partial charge is 0.0991 e. The number of hydrogen-bond acceptors (Lipinski definition) is 0. The molecule has 0 spiro atoms. The van der Waals surface area contributed by atoms with Crippen molar-refractivity contribution in [3.8, 4) is 0 Å². The number of hydrogen-bond donors (Lipinski definition) is 0. The molecule has 1 heteroatoms. The first-order valence-electron chi connectivity index (χ1n) is 3.64. The first kappa shape index (κ1) is 9.96. The lowest BCUT2D eigenvalue weighted by Gasteiger charge is -2.02. The fraction of sp³-hybridized carbons (Fsp3) is 0.556. The third-order valence-electron chi connectivity index (χ3n) is 1.36. The van der Waals surface area contributed by atoms with E-state index in [4.69, 9.17) is 0 Å². The van der Waals surface area contributed by atoms with Gasteiger partial charge in [0.2, 0.25) is 0 Å². The molecule has 0 amide bonds. The molecule has 0 aliphatic carbocycles. The van der Waals surface area contributed by atoms with Gasteiger partial charge in [-0.2, -0.15) is 0 Å². The van der Waals surface area contributed by atoms with Gasteiger partial charge in [0.15, 0.2) is 0 Å². The van der Waals surface area contributed by atoms with Gasteiger partial charge < -0.3 is 0 Å². The fourth-order valence-electron chi connectivity index (χ4n) is 0.650. The van der Waals surface area contributed by atoms with E-state index < -0.39 is 0 Å². The summed E-state index contributed by atoms with van der Waals surface area (Å²) in [6.07, 6.45) is 8.40. The van der Waals surface area contributed by atoms with Crippen molar-refractivity contribution in [3.05, 3.63) is 24.8 Å². The highest BCUT2D eigenvalue weighted by Crippen LogP contribution is 2.08. The molecule has 0 rings (SSSR count). The minimum absolute atomic E-state index is 0.787. The van der Waals surface area contributed by atoms with Crippen molar-refractivity contribution >= 4 is 15.9 Å². The molecule has 1 atom stereocenters. The van der Waals surface area contributed by atoms with Crippen LogP contribution < -0.4 is 0 Å². The van der Waals surface area contributed by atoms with E-state index >= 15 is 0 Å². The number of allylic oxidation sites excluding steroid dienone is 3. The molecule has 0 aliphatic rings. The summed E-state index contributed by atoms with van der Waals surface area (Å²) in [5.41, 5.74) is 0. The zero-order valence-corrected chi connectivity index (χ0v) is 8.10. The second-order valence-corrected chi connectivity index (χ2v) is 3.15. The Hall–Kier alpha value is -0.0400. The Balaban J connectivity index is 3.18. The molecule has 1 unspecified atom stereocenters. The number of halogens is 1. The van der Waals surface area contributed by atoms with Gasteiger partial charge in [0.25, 0.3) is 0 Å². The molecule has 0 heterocycles.